The molecule has 6 nitrogen and oxygen atoms in total. The van der Waals surface area contributed by atoms with Gasteiger partial charge in [-0.2, -0.15) is 29.4 Å². The zero-order valence-electron chi connectivity index (χ0n) is 4.02. The third-order valence-corrected chi connectivity index (χ3v) is 0. The van der Waals surface area contributed by atoms with Gasteiger partial charge in [0.2, 0.25) is 0 Å². The molecule has 0 bridgehead atoms. The van der Waals surface area contributed by atoms with Crippen molar-refractivity contribution in [1.29, 1.82) is 0 Å². The van der Waals surface area contributed by atoms with Crippen molar-refractivity contribution in [3.63, 3.8) is 0 Å². The van der Waals surface area contributed by atoms with Crippen LogP contribution in [0.15, 0.2) is 0 Å². The molecule has 1 radical (unpaired) electrons. The predicted molar refractivity (Wildman–Crippen MR) is 29.9 cm³/mol. The molecule has 0 unspecified atom stereocenters. The van der Waals surface area contributed by atoms with E-state index in [0.717, 1.165) is 0 Å². The quantitative estimate of drug-likeness (QED) is 0.220. The molecule has 0 atom stereocenters. The van der Waals surface area contributed by atoms with Gasteiger partial charge >= 0.3 is 17.2 Å². The van der Waals surface area contributed by atoms with Crippen molar-refractivity contribution < 1.29 is 48.8 Å². The molecule has 0 aliphatic rings. The van der Waals surface area contributed by atoms with E-state index in [4.69, 9.17) is 29.4 Å². The summed E-state index contributed by atoms with van der Waals surface area (Å²) < 4.78 is 0. The van der Waals surface area contributed by atoms with Gasteiger partial charge in [-0.25, -0.2) is 0 Å². The van der Waals surface area contributed by atoms with Crippen molar-refractivity contribution in [2.45, 2.75) is 0 Å². The fourth-order valence-corrected chi connectivity index (χ4v) is 0. The molecule has 0 saturated carbocycles. The Morgan fingerprint density at radius 3 is 0.556 bits per heavy atom. The van der Waals surface area contributed by atoms with Crippen LogP contribution in [0, 0.1) is 0 Å². The molecule has 0 aromatic carbocycles. The minimum Gasteiger partial charge on any atom is -0.195 e. The third kappa shape index (κ3) is 314. The van der Waals surface area contributed by atoms with Gasteiger partial charge in [0.15, 0.2) is 0 Å². The standard InChI is InChI=1S/2H4O3P.Rh/c2*1-4(2)3;/h2*1-4H;/q2*+1;. The molecule has 0 aliphatic carbocycles. The summed E-state index contributed by atoms with van der Waals surface area (Å²) in [5.74, 6) is 0. The molecule has 9 heteroatoms. The van der Waals surface area contributed by atoms with E-state index in [9.17, 15) is 0 Å². The van der Waals surface area contributed by atoms with Crippen LogP contribution in [0.4, 0.5) is 0 Å². The molecule has 6 N–H and O–H groups in total. The maximum atomic E-state index is 7.27. The van der Waals surface area contributed by atoms with E-state index in [1.165, 1.54) is 0 Å². The van der Waals surface area contributed by atoms with Crippen molar-refractivity contribution in [1.82, 2.24) is 0 Å². The first-order valence-electron chi connectivity index (χ1n) is 1.34. The summed E-state index contributed by atoms with van der Waals surface area (Å²) >= 11 is 0. The summed E-state index contributed by atoms with van der Waals surface area (Å²) in [7, 11) is -5.76. The molecule has 0 spiro atoms. The van der Waals surface area contributed by atoms with Crippen LogP contribution in [-0.4, -0.2) is 29.4 Å². The van der Waals surface area contributed by atoms with Crippen LogP contribution in [0.25, 0.3) is 0 Å². The van der Waals surface area contributed by atoms with E-state index in [2.05, 4.69) is 0 Å². The minimum absolute atomic E-state index is 0. The van der Waals surface area contributed by atoms with Crippen molar-refractivity contribution in [3.05, 3.63) is 0 Å². The first-order chi connectivity index (χ1) is 3.46. The van der Waals surface area contributed by atoms with Gasteiger partial charge in [-0.05, 0) is 0 Å². The fourth-order valence-electron chi connectivity index (χ4n) is 0. The summed E-state index contributed by atoms with van der Waals surface area (Å²) in [5.41, 5.74) is 0. The smallest absolute Gasteiger partial charge is 0.195 e. The van der Waals surface area contributed by atoms with E-state index in [-0.39, 0.29) is 19.5 Å². The summed E-state index contributed by atoms with van der Waals surface area (Å²) in [6.07, 6.45) is 0. The van der Waals surface area contributed by atoms with Crippen LogP contribution >= 0.6 is 17.2 Å². The van der Waals surface area contributed by atoms with Gasteiger partial charge in [-0.15, -0.1) is 0 Å². The molecule has 0 amide bonds. The molecule has 0 heterocycles. The van der Waals surface area contributed by atoms with Crippen LogP contribution in [0.5, 0.6) is 0 Å². The Kier molecular flexibility index (Phi) is 22.2. The largest absolute Gasteiger partial charge is 0.390 e. The maximum Gasteiger partial charge on any atom is 0.390 e. The SMILES string of the molecule is O[PH+](O)O.O[PH+](O)O.[Rh]. The Bertz CT molecular complexity index is 26.5. The van der Waals surface area contributed by atoms with Crippen molar-refractivity contribution in [2.75, 3.05) is 0 Å². The summed E-state index contributed by atoms with van der Waals surface area (Å²) in [4.78, 5) is 43.6. The monoisotopic (exact) mass is 269 g/mol. The topological polar surface area (TPSA) is 121 Å². The van der Waals surface area contributed by atoms with Crippen LogP contribution in [0.1, 0.15) is 0 Å². The minimum atomic E-state index is -2.88. The Balaban J connectivity index is -0.0000000720. The van der Waals surface area contributed by atoms with Gasteiger partial charge in [0.05, 0.1) is 0 Å². The molecule has 0 fully saturated rings. The second-order valence-electron chi connectivity index (χ2n) is 0.600. The molecule has 0 saturated heterocycles. The Morgan fingerprint density at radius 2 is 0.556 bits per heavy atom. The number of hydrogen-bond donors (Lipinski definition) is 6. The molecule has 9 heavy (non-hydrogen) atoms. The first-order valence-corrected chi connectivity index (χ1v) is 4.02. The normalized spacial score (nSPS) is 8.00. The van der Waals surface area contributed by atoms with Crippen LogP contribution in [0.3, 0.4) is 0 Å². The second-order valence-corrected chi connectivity index (χ2v) is 1.80. The van der Waals surface area contributed by atoms with E-state index < -0.39 is 17.2 Å². The molecule has 0 aromatic heterocycles. The van der Waals surface area contributed by atoms with Gasteiger partial charge in [0.1, 0.15) is 0 Å². The molecular formula is H8O6P2Rh+2. The molecular weight excluding hydrogens is 261 g/mol. The van der Waals surface area contributed by atoms with Crippen LogP contribution < -0.4 is 0 Å². The first kappa shape index (κ1) is 16.7. The molecule has 61 valence electrons. The van der Waals surface area contributed by atoms with Gasteiger partial charge in [-0.3, -0.25) is 0 Å². The Morgan fingerprint density at radius 1 is 0.556 bits per heavy atom. The van der Waals surface area contributed by atoms with E-state index in [1.54, 1.807) is 0 Å². The average Bonchev–Trinajstić information content (AvgIpc) is 1.25. The summed E-state index contributed by atoms with van der Waals surface area (Å²) in [5, 5.41) is 0. The van der Waals surface area contributed by atoms with Gasteiger partial charge < -0.3 is 0 Å². The summed E-state index contributed by atoms with van der Waals surface area (Å²) in [6, 6.07) is 0. The molecule has 0 rings (SSSR count). The average molecular weight is 269 g/mol. The van der Waals surface area contributed by atoms with E-state index >= 15 is 0 Å². The predicted octanol–water partition coefficient (Wildman–Crippen LogP) is -2.16. The van der Waals surface area contributed by atoms with Crippen LogP contribution in [-0.2, 0) is 19.5 Å². The third-order valence-electron chi connectivity index (χ3n) is 0. The van der Waals surface area contributed by atoms with Crippen molar-refractivity contribution in [2.24, 2.45) is 0 Å². The number of rotatable bonds is 0. The summed E-state index contributed by atoms with van der Waals surface area (Å²) in [6.45, 7) is 0. The Hall–Kier alpha value is 1.24. The number of hydrogen-bond acceptors (Lipinski definition) is 6. The van der Waals surface area contributed by atoms with E-state index in [1.807, 2.05) is 0 Å². The van der Waals surface area contributed by atoms with E-state index in [0.29, 0.717) is 0 Å². The zero-order valence-corrected chi connectivity index (χ0v) is 7.66. The van der Waals surface area contributed by atoms with Gasteiger partial charge in [0.25, 0.3) is 0 Å². The van der Waals surface area contributed by atoms with Crippen LogP contribution in [0.2, 0.25) is 0 Å². The molecule has 0 aromatic rings. The Labute approximate surface area is 66.5 Å². The van der Waals surface area contributed by atoms with Gasteiger partial charge in [-0.1, -0.05) is 0 Å². The van der Waals surface area contributed by atoms with Crippen molar-refractivity contribution >= 4 is 17.2 Å². The fraction of sp³-hybridized carbons (Fsp3) is 0. The zero-order chi connectivity index (χ0) is 7.15. The van der Waals surface area contributed by atoms with Gasteiger partial charge in [0, 0.05) is 19.5 Å². The maximum absolute atomic E-state index is 7.27. The second kappa shape index (κ2) is 12.0. The van der Waals surface area contributed by atoms with Crippen molar-refractivity contribution in [3.8, 4) is 0 Å². The molecule has 0 aliphatic heterocycles.